The first-order valence-corrected chi connectivity index (χ1v) is 6.36. The number of carbonyl (C=O) groups is 1. The van der Waals surface area contributed by atoms with E-state index in [2.05, 4.69) is 0 Å². The highest BCUT2D eigenvalue weighted by Gasteiger charge is 2.30. The molecular formula is C14H13OS+. The highest BCUT2D eigenvalue weighted by Crippen LogP contribution is 2.23. The van der Waals surface area contributed by atoms with Crippen LogP contribution in [0.2, 0.25) is 0 Å². The van der Waals surface area contributed by atoms with Gasteiger partial charge in [0.1, 0.15) is 10.9 Å². The lowest BCUT2D eigenvalue weighted by molar-refractivity contribution is -0.109. The summed E-state index contributed by atoms with van der Waals surface area (Å²) in [6.45, 7) is 1.66. The summed E-state index contributed by atoms with van der Waals surface area (Å²) in [7, 11) is -0.442. The molecule has 0 saturated heterocycles. The Hall–Kier alpha value is -1.54. The van der Waals surface area contributed by atoms with Gasteiger partial charge < -0.3 is 0 Å². The van der Waals surface area contributed by atoms with E-state index in [0.29, 0.717) is 0 Å². The Morgan fingerprint density at radius 1 is 0.812 bits per heavy atom. The Labute approximate surface area is 98.5 Å². The van der Waals surface area contributed by atoms with Crippen molar-refractivity contribution in [3.63, 3.8) is 0 Å². The molecule has 1 nitrogen and oxygen atoms in total. The summed E-state index contributed by atoms with van der Waals surface area (Å²) in [5, 5.41) is 0.206. The predicted molar refractivity (Wildman–Crippen MR) is 67.5 cm³/mol. The van der Waals surface area contributed by atoms with Crippen LogP contribution < -0.4 is 0 Å². The van der Waals surface area contributed by atoms with Crippen molar-refractivity contribution in [2.45, 2.75) is 16.7 Å². The van der Waals surface area contributed by atoms with Gasteiger partial charge in [-0.2, -0.15) is 0 Å². The van der Waals surface area contributed by atoms with Gasteiger partial charge in [-0.05, 0) is 24.3 Å². The summed E-state index contributed by atoms with van der Waals surface area (Å²) in [6, 6.07) is 19.9. The Bertz CT molecular complexity index is 425. The Balaban J connectivity index is 2.44. The molecule has 0 atom stereocenters. The minimum Gasteiger partial charge on any atom is -0.237 e. The van der Waals surface area contributed by atoms with Crippen molar-refractivity contribution in [3.05, 3.63) is 60.7 Å². The minimum absolute atomic E-state index is 0.206. The number of rotatable bonds is 2. The molecule has 0 heterocycles. The zero-order valence-electron chi connectivity index (χ0n) is 9.09. The van der Waals surface area contributed by atoms with Crippen LogP contribution in [0.3, 0.4) is 0 Å². The third-order valence-corrected chi connectivity index (χ3v) is 4.31. The summed E-state index contributed by atoms with van der Waals surface area (Å²) in [4.78, 5) is 13.9. The van der Waals surface area contributed by atoms with Crippen LogP contribution >= 0.6 is 0 Å². The lowest BCUT2D eigenvalue weighted by Crippen LogP contribution is -2.12. The average Bonchev–Trinajstić information content (AvgIpc) is 2.31. The Kier molecular flexibility index (Phi) is 3.42. The van der Waals surface area contributed by atoms with Gasteiger partial charge in [0.05, 0.1) is 0 Å². The van der Waals surface area contributed by atoms with E-state index >= 15 is 0 Å². The topological polar surface area (TPSA) is 17.1 Å². The van der Waals surface area contributed by atoms with Gasteiger partial charge in [-0.1, -0.05) is 36.4 Å². The van der Waals surface area contributed by atoms with Gasteiger partial charge in [0.2, 0.25) is 0 Å². The van der Waals surface area contributed by atoms with E-state index in [0.717, 1.165) is 9.79 Å². The van der Waals surface area contributed by atoms with Gasteiger partial charge in [0, 0.05) is 6.92 Å². The molecule has 0 saturated carbocycles. The highest BCUT2D eigenvalue weighted by molar-refractivity contribution is 8.11. The molecule has 2 aromatic carbocycles. The average molecular weight is 229 g/mol. The molecule has 0 aliphatic rings. The highest BCUT2D eigenvalue weighted by atomic mass is 32.2. The monoisotopic (exact) mass is 229 g/mol. The zero-order chi connectivity index (χ0) is 11.4. The van der Waals surface area contributed by atoms with Gasteiger partial charge in [-0.3, -0.25) is 0 Å². The molecule has 2 rings (SSSR count). The Morgan fingerprint density at radius 2 is 1.19 bits per heavy atom. The summed E-state index contributed by atoms with van der Waals surface area (Å²) in [6.07, 6.45) is 0. The number of hydrogen-bond acceptors (Lipinski definition) is 1. The lowest BCUT2D eigenvalue weighted by atomic mass is 10.4. The first-order valence-electron chi connectivity index (χ1n) is 5.14. The van der Waals surface area contributed by atoms with Crippen molar-refractivity contribution in [2.24, 2.45) is 0 Å². The molecule has 0 radical (unpaired) electrons. The fourth-order valence-corrected chi connectivity index (χ4v) is 3.38. The number of hydrogen-bond donors (Lipinski definition) is 0. The summed E-state index contributed by atoms with van der Waals surface area (Å²) >= 11 is 0. The first-order chi connectivity index (χ1) is 7.79. The molecule has 0 spiro atoms. The van der Waals surface area contributed by atoms with Crippen molar-refractivity contribution in [1.29, 1.82) is 0 Å². The third-order valence-electron chi connectivity index (χ3n) is 2.25. The number of carbonyl (C=O) groups excluding carboxylic acids is 1. The van der Waals surface area contributed by atoms with E-state index in [1.807, 2.05) is 60.7 Å². The molecule has 0 N–H and O–H groups in total. The lowest BCUT2D eigenvalue weighted by Gasteiger charge is -2.02. The SMILES string of the molecule is CC(=O)[S+](c1ccccc1)c1ccccc1. The molecule has 2 aromatic rings. The van der Waals surface area contributed by atoms with E-state index < -0.39 is 10.9 Å². The van der Waals surface area contributed by atoms with Crippen molar-refractivity contribution in [3.8, 4) is 0 Å². The summed E-state index contributed by atoms with van der Waals surface area (Å²) in [5.74, 6) is 0. The normalized spacial score (nSPS) is 10.4. The van der Waals surface area contributed by atoms with Crippen LogP contribution in [0.1, 0.15) is 6.92 Å². The molecule has 0 fully saturated rings. The van der Waals surface area contributed by atoms with Gasteiger partial charge in [-0.15, -0.1) is 0 Å². The molecule has 0 unspecified atom stereocenters. The van der Waals surface area contributed by atoms with E-state index in [1.54, 1.807) is 6.92 Å². The van der Waals surface area contributed by atoms with E-state index in [-0.39, 0.29) is 5.12 Å². The van der Waals surface area contributed by atoms with E-state index in [4.69, 9.17) is 0 Å². The van der Waals surface area contributed by atoms with Crippen molar-refractivity contribution in [1.82, 2.24) is 0 Å². The summed E-state index contributed by atoms with van der Waals surface area (Å²) < 4.78 is 0. The second-order valence-corrected chi connectivity index (χ2v) is 5.55. The third kappa shape index (κ3) is 2.34. The fraction of sp³-hybridized carbons (Fsp3) is 0.0714. The maximum atomic E-state index is 11.8. The molecule has 80 valence electrons. The predicted octanol–water partition coefficient (Wildman–Crippen LogP) is 3.27. The second-order valence-electron chi connectivity index (χ2n) is 3.42. The first kappa shape index (κ1) is 11.0. The molecule has 16 heavy (non-hydrogen) atoms. The van der Waals surface area contributed by atoms with Gasteiger partial charge in [-0.25, -0.2) is 4.79 Å². The van der Waals surface area contributed by atoms with E-state index in [1.165, 1.54) is 0 Å². The minimum atomic E-state index is -0.442. The smallest absolute Gasteiger partial charge is 0.237 e. The van der Waals surface area contributed by atoms with Crippen molar-refractivity contribution < 1.29 is 4.79 Å². The molecular weight excluding hydrogens is 216 g/mol. The van der Waals surface area contributed by atoms with Gasteiger partial charge in [0.25, 0.3) is 0 Å². The molecule has 0 aromatic heterocycles. The standard InChI is InChI=1S/C14H13OS/c1-12(15)16(13-8-4-2-5-9-13)14-10-6-3-7-11-14/h2-11H,1H3/q+1. The fourth-order valence-electron chi connectivity index (χ4n) is 1.58. The number of benzene rings is 2. The Morgan fingerprint density at radius 3 is 1.50 bits per heavy atom. The van der Waals surface area contributed by atoms with Crippen LogP contribution in [-0.2, 0) is 15.7 Å². The molecule has 0 bridgehead atoms. The van der Waals surface area contributed by atoms with E-state index in [9.17, 15) is 4.79 Å². The van der Waals surface area contributed by atoms with Crippen LogP contribution in [0.4, 0.5) is 0 Å². The van der Waals surface area contributed by atoms with Crippen molar-refractivity contribution in [2.75, 3.05) is 0 Å². The van der Waals surface area contributed by atoms with Gasteiger partial charge >= 0.3 is 5.12 Å². The second kappa shape index (κ2) is 4.99. The van der Waals surface area contributed by atoms with Crippen LogP contribution in [0.5, 0.6) is 0 Å². The maximum absolute atomic E-state index is 11.8. The summed E-state index contributed by atoms with van der Waals surface area (Å²) in [5.41, 5.74) is 0. The molecule has 0 amide bonds. The maximum Gasteiger partial charge on any atom is 0.339 e. The zero-order valence-corrected chi connectivity index (χ0v) is 9.91. The van der Waals surface area contributed by atoms with Crippen molar-refractivity contribution >= 4 is 16.0 Å². The molecule has 0 aliphatic heterocycles. The molecule has 2 heteroatoms. The molecule has 0 aliphatic carbocycles. The van der Waals surface area contributed by atoms with Crippen LogP contribution in [0.15, 0.2) is 70.5 Å². The van der Waals surface area contributed by atoms with Crippen LogP contribution in [0.25, 0.3) is 0 Å². The van der Waals surface area contributed by atoms with Gasteiger partial charge in [0.15, 0.2) is 9.79 Å². The largest absolute Gasteiger partial charge is 0.339 e. The quantitative estimate of drug-likeness (QED) is 0.722. The van der Waals surface area contributed by atoms with Crippen LogP contribution in [-0.4, -0.2) is 5.12 Å². The van der Waals surface area contributed by atoms with Crippen LogP contribution in [0, 0.1) is 0 Å².